The molecule has 11 aromatic carbocycles. The molecular weight excluding hydrogens is 1710 g/mol. The van der Waals surface area contributed by atoms with Crippen molar-refractivity contribution in [2.75, 3.05) is 45.5 Å². The third-order valence-electron chi connectivity index (χ3n) is 17.8. The van der Waals surface area contributed by atoms with Crippen LogP contribution in [0.5, 0.6) is 46.0 Å². The van der Waals surface area contributed by atoms with Gasteiger partial charge < -0.3 is 69.3 Å². The lowest BCUT2D eigenvalue weighted by atomic mass is 10.0. The van der Waals surface area contributed by atoms with E-state index in [-0.39, 0.29) is 71.7 Å². The van der Waals surface area contributed by atoms with Crippen molar-refractivity contribution in [3.8, 4) is 68.2 Å². The molecule has 0 aliphatic carbocycles. The number of alkyl halides is 2. The van der Waals surface area contributed by atoms with Crippen LogP contribution in [0.25, 0.3) is 22.3 Å². The predicted octanol–water partition coefficient (Wildman–Crippen LogP) is 24.3. The molecule has 0 spiro atoms. The first-order valence-electron chi connectivity index (χ1n) is 39.8. The zero-order valence-electron chi connectivity index (χ0n) is 70.5. The van der Waals surface area contributed by atoms with Gasteiger partial charge in [0.1, 0.15) is 70.8 Å². The Labute approximate surface area is 728 Å². The highest BCUT2D eigenvalue weighted by Gasteiger charge is 2.18. The molecule has 0 aromatic heterocycles. The highest BCUT2D eigenvalue weighted by molar-refractivity contribution is 9.09. The SMILES string of the molecule is C1CCOC1.COCCCCCCOc1ccc(-c2cc(F)c(F)c(F)c2)c(F)c1.Cc1cc(C)cc(CBr)c1.Cc1cc(C)cc(CO)c1.Cc1cc(C)cc(COc2cc(CO)cc(OCc3cc(C)cc(C)c3)c2)c1.Fc1cc(OCCCCCCBr)ccc1-c1cc(F)c(F)c(F)c1.OCc1cc(O)cc(O)c1.OCc1cc(O)cc(O)c1. The summed E-state index contributed by atoms with van der Waals surface area (Å²) < 4.78 is 140. The quantitative estimate of drug-likeness (QED) is 0.00991. The molecule has 11 aromatic rings. The summed E-state index contributed by atoms with van der Waals surface area (Å²) in [5, 5.41) is 72.9. The number of ether oxygens (including phenoxy) is 6. The summed E-state index contributed by atoms with van der Waals surface area (Å²) in [5.74, 6) is -8.02. The molecule has 1 aliphatic rings. The van der Waals surface area contributed by atoms with Crippen LogP contribution in [0.1, 0.15) is 148 Å². The van der Waals surface area contributed by atoms with E-state index in [1.807, 2.05) is 44.2 Å². The molecule has 0 bridgehead atoms. The summed E-state index contributed by atoms with van der Waals surface area (Å²) >= 11 is 6.79. The van der Waals surface area contributed by atoms with E-state index in [1.54, 1.807) is 7.11 Å². The van der Waals surface area contributed by atoms with E-state index in [2.05, 4.69) is 134 Å². The van der Waals surface area contributed by atoms with Crippen LogP contribution in [0.3, 0.4) is 0 Å². The Morgan fingerprint density at radius 2 is 0.607 bits per heavy atom. The molecule has 0 saturated carbocycles. The fourth-order valence-electron chi connectivity index (χ4n) is 12.5. The average molecular weight is 1830 g/mol. The van der Waals surface area contributed by atoms with Crippen molar-refractivity contribution >= 4 is 31.9 Å². The normalized spacial score (nSPS) is 11.0. The molecule has 0 atom stereocenters. The second-order valence-corrected chi connectivity index (χ2v) is 30.5. The van der Waals surface area contributed by atoms with Gasteiger partial charge in [-0.2, -0.15) is 0 Å². The van der Waals surface area contributed by atoms with Crippen LogP contribution < -0.4 is 18.9 Å². The summed E-state index contributed by atoms with van der Waals surface area (Å²) in [6.45, 7) is 21.0. The van der Waals surface area contributed by atoms with Crippen molar-refractivity contribution in [1.29, 1.82) is 0 Å². The van der Waals surface area contributed by atoms with Crippen LogP contribution in [0, 0.1) is 102 Å². The van der Waals surface area contributed by atoms with Gasteiger partial charge in [0.2, 0.25) is 0 Å². The smallest absolute Gasteiger partial charge is 0.194 e. The predicted molar refractivity (Wildman–Crippen MR) is 472 cm³/mol. The first-order valence-corrected chi connectivity index (χ1v) is 42.1. The van der Waals surface area contributed by atoms with E-state index < -0.39 is 46.5 Å². The third-order valence-corrected chi connectivity index (χ3v) is 19.0. The van der Waals surface area contributed by atoms with Crippen molar-refractivity contribution in [3.63, 3.8) is 0 Å². The number of unbranched alkanes of at least 4 members (excludes halogenated alkanes) is 6. The molecule has 1 heterocycles. The number of phenolic OH excluding ortho intramolecular Hbond substituents is 4. The lowest BCUT2D eigenvalue weighted by Gasteiger charge is -2.13. The van der Waals surface area contributed by atoms with E-state index in [9.17, 15) is 40.2 Å². The van der Waals surface area contributed by atoms with Crippen molar-refractivity contribution < 1.29 is 104 Å². The molecule has 24 heteroatoms. The lowest BCUT2D eigenvalue weighted by Crippen LogP contribution is -2.00. The molecule has 0 amide bonds. The number of aliphatic hydroxyl groups excluding tert-OH is 4. The maximum atomic E-state index is 14.2. The van der Waals surface area contributed by atoms with E-state index in [1.165, 1.54) is 124 Å². The molecule has 1 saturated heterocycles. The topological polar surface area (TPSA) is 217 Å². The molecule has 14 nitrogen and oxygen atoms in total. The maximum Gasteiger partial charge on any atom is 0.194 e. The fraction of sp³-hybridized carbons (Fsp3) is 0.327. The Hall–Kier alpha value is -10.0. The van der Waals surface area contributed by atoms with Gasteiger partial charge in [-0.1, -0.05) is 168 Å². The number of benzene rings is 11. The van der Waals surface area contributed by atoms with Crippen LogP contribution in [0.2, 0.25) is 0 Å². The number of halogens is 10. The monoisotopic (exact) mass is 1820 g/mol. The van der Waals surface area contributed by atoms with E-state index in [0.29, 0.717) is 60.6 Å². The number of hydrogen-bond acceptors (Lipinski definition) is 14. The third kappa shape index (κ3) is 39.4. The van der Waals surface area contributed by atoms with Gasteiger partial charge >= 0.3 is 0 Å². The van der Waals surface area contributed by atoms with Crippen LogP contribution in [0.4, 0.5) is 35.1 Å². The largest absolute Gasteiger partial charge is 0.508 e. The fourth-order valence-corrected chi connectivity index (χ4v) is 13.3. The van der Waals surface area contributed by atoms with Gasteiger partial charge in [-0.05, 0) is 235 Å². The van der Waals surface area contributed by atoms with Crippen LogP contribution in [-0.4, -0.2) is 86.3 Å². The number of methoxy groups -OCH3 is 1. The van der Waals surface area contributed by atoms with Crippen molar-refractivity contribution in [2.45, 2.75) is 165 Å². The number of phenols is 4. The average Bonchev–Trinajstić information content (AvgIpc) is 1.82. The van der Waals surface area contributed by atoms with Crippen molar-refractivity contribution in [3.05, 3.63) is 318 Å². The minimum absolute atomic E-state index is 0.0162. The van der Waals surface area contributed by atoms with Gasteiger partial charge in [0.05, 0.1) is 39.6 Å². The van der Waals surface area contributed by atoms with E-state index in [0.717, 1.165) is 140 Å². The molecule has 1 aliphatic heterocycles. The van der Waals surface area contributed by atoms with E-state index in [4.69, 9.17) is 64.2 Å². The molecule has 0 radical (unpaired) electrons. The molecule has 122 heavy (non-hydrogen) atoms. The lowest BCUT2D eigenvalue weighted by molar-refractivity contribution is 0.191. The van der Waals surface area contributed by atoms with Gasteiger partial charge in [-0.25, -0.2) is 35.1 Å². The molecule has 8 N–H and O–H groups in total. The Bertz CT molecular complexity index is 4540. The minimum Gasteiger partial charge on any atom is -0.508 e. The van der Waals surface area contributed by atoms with Gasteiger partial charge in [-0.3, -0.25) is 0 Å². The summed E-state index contributed by atoms with van der Waals surface area (Å²) in [6, 6.07) is 50.1. The number of hydrogen-bond donors (Lipinski definition) is 8. The molecule has 1 fully saturated rings. The zero-order valence-corrected chi connectivity index (χ0v) is 73.6. The van der Waals surface area contributed by atoms with Crippen molar-refractivity contribution in [1.82, 2.24) is 0 Å². The number of aromatic hydroxyl groups is 4. The maximum absolute atomic E-state index is 14.2. The Morgan fingerprint density at radius 1 is 0.303 bits per heavy atom. The second-order valence-electron chi connectivity index (χ2n) is 29.2. The van der Waals surface area contributed by atoms with Crippen LogP contribution in [-0.2, 0) is 54.4 Å². The van der Waals surface area contributed by atoms with Gasteiger partial charge in [0, 0.05) is 79.0 Å². The van der Waals surface area contributed by atoms with Gasteiger partial charge in [0.15, 0.2) is 34.9 Å². The highest BCUT2D eigenvalue weighted by Crippen LogP contribution is 2.33. The first kappa shape index (κ1) is 103. The zero-order chi connectivity index (χ0) is 89.6. The minimum atomic E-state index is -1.57. The summed E-state index contributed by atoms with van der Waals surface area (Å²) in [5.41, 5.74) is 16.2. The highest BCUT2D eigenvalue weighted by atomic mass is 79.9. The summed E-state index contributed by atoms with van der Waals surface area (Å²) in [6.07, 6.45) is 10.5. The second kappa shape index (κ2) is 55.9. The van der Waals surface area contributed by atoms with Gasteiger partial charge in [-0.15, -0.1) is 0 Å². The molecule has 0 unspecified atom stereocenters. The van der Waals surface area contributed by atoms with Gasteiger partial charge in [0.25, 0.3) is 0 Å². The van der Waals surface area contributed by atoms with Crippen molar-refractivity contribution in [2.24, 2.45) is 0 Å². The molecule has 12 rings (SSSR count). The Balaban J connectivity index is 0.000000261. The summed E-state index contributed by atoms with van der Waals surface area (Å²) in [4.78, 5) is 0. The number of aryl methyl sites for hydroxylation is 8. The van der Waals surface area contributed by atoms with Crippen LogP contribution in [0.15, 0.2) is 188 Å². The number of aliphatic hydroxyl groups is 4. The molecular formula is C98H112Br2F8O14. The standard InChI is InChI=1S/C25H28O3.C19H20F4O2.C18H17BrF4O.C9H11Br.C9H12O.2C7H8O3.C4H8O/c1-17-5-18(2)8-22(7-17)15-27-24-11-21(14-26)12-25(13-24)28-16-23-9-19(3)6-20(4)10-23;1-24-8-4-2-3-5-9-25-14-6-7-15(16(20)12-14)13-10-17(21)19(23)18(22)11-13;19-7-3-1-2-4-8-24-13-5-6-14(15(20)11-13)12-9-16(21)18(23)17(22)10-12;2*1-7-3-8(2)5-9(4-7)6-10;2*8-4-5-1-6(9)3-7(10)2-5;1-2-4-5-3-1/h5-13,26H,14-16H2,1-4H3;6-7,10-12H,2-5,8-9H2,1H3;5-6,9-11H,1-4,7-8H2;3-5H,6H2,1-2H3;3-5,10H,6H2,1-2H3;2*1-3,8-10H,4H2;1-4H2. The molecule has 658 valence electrons. The first-order chi connectivity index (χ1) is 58.3. The Kier molecular flexibility index (Phi) is 47.0. The van der Waals surface area contributed by atoms with Crippen LogP contribution >= 0.6 is 31.9 Å². The van der Waals surface area contributed by atoms with E-state index >= 15 is 0 Å². The summed E-state index contributed by atoms with van der Waals surface area (Å²) in [7, 11) is 1.66. The number of rotatable bonds is 28. The Morgan fingerprint density at radius 3 is 0.902 bits per heavy atom.